The van der Waals surface area contributed by atoms with Gasteiger partial charge in [-0.05, 0) is 6.92 Å². The van der Waals surface area contributed by atoms with Gasteiger partial charge in [0.1, 0.15) is 6.10 Å². The lowest BCUT2D eigenvalue weighted by molar-refractivity contribution is -0.155. The van der Waals surface area contributed by atoms with Crippen LogP contribution in [-0.2, 0) is 19.0 Å². The number of hydrogen-bond acceptors (Lipinski definition) is 5. The maximum atomic E-state index is 11.5. The van der Waals surface area contributed by atoms with E-state index < -0.39 is 0 Å². The third-order valence-electron chi connectivity index (χ3n) is 2.15. The number of esters is 1. The Balaban J connectivity index is 2.33. The Labute approximate surface area is 83.5 Å². The molecule has 0 aromatic carbocycles. The number of ether oxygens (including phenoxy) is 3. The molecule has 0 aromatic rings. The minimum Gasteiger partial charge on any atom is -0.460 e. The summed E-state index contributed by atoms with van der Waals surface area (Å²) in [5.41, 5.74) is 5.67. The third-order valence-corrected chi connectivity index (χ3v) is 2.15. The SMILES string of the molecule is COCC(C)OC(=O)C1COCC1N. The highest BCUT2D eigenvalue weighted by atomic mass is 16.6. The van der Waals surface area contributed by atoms with Gasteiger partial charge >= 0.3 is 5.97 Å². The fraction of sp³-hybridized carbons (Fsp3) is 0.889. The van der Waals surface area contributed by atoms with Gasteiger partial charge in [0.15, 0.2) is 0 Å². The number of rotatable bonds is 4. The molecule has 1 fully saturated rings. The molecule has 1 rings (SSSR count). The molecule has 3 atom stereocenters. The molecule has 0 amide bonds. The summed E-state index contributed by atoms with van der Waals surface area (Å²) in [6, 6.07) is -0.239. The molecule has 1 saturated heterocycles. The van der Waals surface area contributed by atoms with E-state index in [9.17, 15) is 4.79 Å². The summed E-state index contributed by atoms with van der Waals surface area (Å²) >= 11 is 0. The molecule has 82 valence electrons. The molecule has 1 aliphatic heterocycles. The van der Waals surface area contributed by atoms with Gasteiger partial charge < -0.3 is 19.9 Å². The monoisotopic (exact) mass is 203 g/mol. The Hall–Kier alpha value is -0.650. The lowest BCUT2D eigenvalue weighted by atomic mass is 10.1. The molecule has 0 spiro atoms. The predicted octanol–water partition coefficient (Wildman–Crippen LogP) is -0.462. The Morgan fingerprint density at radius 3 is 2.86 bits per heavy atom. The van der Waals surface area contributed by atoms with Crippen LogP contribution in [0.1, 0.15) is 6.92 Å². The largest absolute Gasteiger partial charge is 0.460 e. The van der Waals surface area contributed by atoms with Crippen molar-refractivity contribution in [1.82, 2.24) is 0 Å². The molecule has 0 saturated carbocycles. The van der Waals surface area contributed by atoms with Crippen molar-refractivity contribution in [1.29, 1.82) is 0 Å². The second-order valence-electron chi connectivity index (χ2n) is 3.51. The minimum atomic E-state index is -0.325. The standard InChI is InChI=1S/C9H17NO4/c1-6(3-12-2)14-9(11)7-4-13-5-8(7)10/h6-8H,3-5,10H2,1-2H3. The molecule has 5 nitrogen and oxygen atoms in total. The Morgan fingerprint density at radius 1 is 1.64 bits per heavy atom. The summed E-state index contributed by atoms with van der Waals surface area (Å²) in [5.74, 6) is -0.617. The topological polar surface area (TPSA) is 70.8 Å². The molecular weight excluding hydrogens is 186 g/mol. The summed E-state index contributed by atoms with van der Waals surface area (Å²) < 4.78 is 15.1. The van der Waals surface area contributed by atoms with Crippen LogP contribution in [0.4, 0.5) is 0 Å². The van der Waals surface area contributed by atoms with E-state index in [1.54, 1.807) is 14.0 Å². The first-order chi connectivity index (χ1) is 6.65. The van der Waals surface area contributed by atoms with Crippen LogP contribution in [0.3, 0.4) is 0 Å². The van der Waals surface area contributed by atoms with Crippen LogP contribution in [0.2, 0.25) is 0 Å². The van der Waals surface area contributed by atoms with Crippen molar-refractivity contribution >= 4 is 5.97 Å². The summed E-state index contributed by atoms with van der Waals surface area (Å²) in [6.45, 7) is 2.97. The highest BCUT2D eigenvalue weighted by Crippen LogP contribution is 2.14. The van der Waals surface area contributed by atoms with Crippen LogP contribution in [0.25, 0.3) is 0 Å². The second-order valence-corrected chi connectivity index (χ2v) is 3.51. The van der Waals surface area contributed by atoms with E-state index in [0.29, 0.717) is 19.8 Å². The summed E-state index contributed by atoms with van der Waals surface area (Å²) in [6.07, 6.45) is -0.236. The molecule has 5 heteroatoms. The molecule has 3 unspecified atom stereocenters. The first kappa shape index (κ1) is 11.4. The number of carbonyl (C=O) groups is 1. The van der Waals surface area contributed by atoms with Crippen LogP contribution in [-0.4, -0.2) is 45.0 Å². The normalized spacial score (nSPS) is 28.8. The zero-order valence-corrected chi connectivity index (χ0v) is 8.56. The van der Waals surface area contributed by atoms with Gasteiger partial charge in [-0.3, -0.25) is 4.79 Å². The Bertz CT molecular complexity index is 197. The number of methoxy groups -OCH3 is 1. The van der Waals surface area contributed by atoms with Gasteiger partial charge in [0.05, 0.1) is 25.7 Å². The summed E-state index contributed by atoms with van der Waals surface area (Å²) in [7, 11) is 1.56. The fourth-order valence-electron chi connectivity index (χ4n) is 1.37. The van der Waals surface area contributed by atoms with E-state index in [1.807, 2.05) is 0 Å². The van der Waals surface area contributed by atoms with Crippen LogP contribution < -0.4 is 5.73 Å². The van der Waals surface area contributed by atoms with Crippen molar-refractivity contribution in [2.24, 2.45) is 11.7 Å². The molecule has 0 bridgehead atoms. The fourth-order valence-corrected chi connectivity index (χ4v) is 1.37. The van der Waals surface area contributed by atoms with Crippen LogP contribution >= 0.6 is 0 Å². The van der Waals surface area contributed by atoms with E-state index >= 15 is 0 Å². The van der Waals surface area contributed by atoms with Crippen LogP contribution in [0.15, 0.2) is 0 Å². The predicted molar refractivity (Wildman–Crippen MR) is 49.7 cm³/mol. The van der Waals surface area contributed by atoms with E-state index in [4.69, 9.17) is 19.9 Å². The van der Waals surface area contributed by atoms with Crippen LogP contribution in [0.5, 0.6) is 0 Å². The number of carbonyl (C=O) groups excluding carboxylic acids is 1. The molecular formula is C9H17NO4. The zero-order chi connectivity index (χ0) is 10.6. The highest BCUT2D eigenvalue weighted by Gasteiger charge is 2.33. The molecule has 0 radical (unpaired) electrons. The van der Waals surface area contributed by atoms with Crippen molar-refractivity contribution in [3.05, 3.63) is 0 Å². The quantitative estimate of drug-likeness (QED) is 0.626. The number of nitrogens with two attached hydrogens (primary N) is 1. The van der Waals surface area contributed by atoms with Crippen molar-refractivity contribution in [3.8, 4) is 0 Å². The first-order valence-electron chi connectivity index (χ1n) is 4.68. The minimum absolute atomic E-state index is 0.236. The van der Waals surface area contributed by atoms with Gasteiger partial charge in [0.2, 0.25) is 0 Å². The van der Waals surface area contributed by atoms with Crippen molar-refractivity contribution in [2.75, 3.05) is 26.9 Å². The van der Waals surface area contributed by atoms with Crippen molar-refractivity contribution in [2.45, 2.75) is 19.1 Å². The average molecular weight is 203 g/mol. The van der Waals surface area contributed by atoms with Gasteiger partial charge in [-0.25, -0.2) is 0 Å². The van der Waals surface area contributed by atoms with Gasteiger partial charge in [0, 0.05) is 13.2 Å². The summed E-state index contributed by atoms with van der Waals surface area (Å²) in [4.78, 5) is 11.5. The highest BCUT2D eigenvalue weighted by molar-refractivity contribution is 5.74. The average Bonchev–Trinajstić information content (AvgIpc) is 2.51. The Kier molecular flexibility index (Phi) is 4.31. The molecule has 14 heavy (non-hydrogen) atoms. The summed E-state index contributed by atoms with van der Waals surface area (Å²) in [5, 5.41) is 0. The first-order valence-corrected chi connectivity index (χ1v) is 4.68. The zero-order valence-electron chi connectivity index (χ0n) is 8.56. The maximum Gasteiger partial charge on any atom is 0.313 e. The number of hydrogen-bond donors (Lipinski definition) is 1. The smallest absolute Gasteiger partial charge is 0.313 e. The molecule has 0 aliphatic carbocycles. The third kappa shape index (κ3) is 2.94. The van der Waals surface area contributed by atoms with Crippen molar-refractivity contribution < 1.29 is 19.0 Å². The lowest BCUT2D eigenvalue weighted by Crippen LogP contribution is -2.37. The van der Waals surface area contributed by atoms with Gasteiger partial charge in [-0.1, -0.05) is 0 Å². The van der Waals surface area contributed by atoms with E-state index in [2.05, 4.69) is 0 Å². The van der Waals surface area contributed by atoms with E-state index in [1.165, 1.54) is 0 Å². The molecule has 2 N–H and O–H groups in total. The Morgan fingerprint density at radius 2 is 2.36 bits per heavy atom. The second kappa shape index (κ2) is 5.29. The van der Waals surface area contributed by atoms with Gasteiger partial charge in [0.25, 0.3) is 0 Å². The van der Waals surface area contributed by atoms with E-state index in [-0.39, 0.29) is 24.0 Å². The van der Waals surface area contributed by atoms with Crippen molar-refractivity contribution in [3.63, 3.8) is 0 Å². The lowest BCUT2D eigenvalue weighted by Gasteiger charge is -2.16. The maximum absolute atomic E-state index is 11.5. The van der Waals surface area contributed by atoms with E-state index in [0.717, 1.165) is 0 Å². The molecule has 1 aliphatic rings. The van der Waals surface area contributed by atoms with Gasteiger partial charge in [-0.2, -0.15) is 0 Å². The van der Waals surface area contributed by atoms with Crippen LogP contribution in [0, 0.1) is 5.92 Å². The van der Waals surface area contributed by atoms with Gasteiger partial charge in [-0.15, -0.1) is 0 Å². The molecule has 1 heterocycles. The molecule has 0 aromatic heterocycles.